The van der Waals surface area contributed by atoms with E-state index in [9.17, 15) is 24.4 Å². The Morgan fingerprint density at radius 3 is 2.45 bits per heavy atom. The first-order chi connectivity index (χ1) is 14.5. The number of Topliss-reactive ketones (excluding diaryl/α,β-unsaturated/α-hetero) is 1. The van der Waals surface area contributed by atoms with Crippen LogP contribution in [0.25, 0.3) is 6.08 Å². The summed E-state index contributed by atoms with van der Waals surface area (Å²) in [5, 5.41) is 9.38. The molecule has 0 aliphatic heterocycles. The fraction of sp³-hybridized carbons (Fsp3) is 0.381. The van der Waals surface area contributed by atoms with Gasteiger partial charge in [-0.3, -0.25) is 18.7 Å². The lowest BCUT2D eigenvalue weighted by Crippen LogP contribution is -2.42. The molecule has 0 atom stereocenters. The van der Waals surface area contributed by atoms with Crippen LogP contribution in [0.5, 0.6) is 0 Å². The highest BCUT2D eigenvalue weighted by Gasteiger charge is 2.22. The normalized spacial score (nSPS) is 11.3. The first-order valence-corrected chi connectivity index (χ1v) is 9.59. The summed E-state index contributed by atoms with van der Waals surface area (Å²) in [4.78, 5) is 48.9. The van der Waals surface area contributed by atoms with E-state index in [1.54, 1.807) is 6.07 Å². The molecule has 0 aromatic carbocycles. The van der Waals surface area contributed by atoms with Crippen LogP contribution in [0.2, 0.25) is 0 Å². The molecule has 0 aliphatic carbocycles. The molecule has 0 saturated carbocycles. The van der Waals surface area contributed by atoms with Gasteiger partial charge in [0.25, 0.3) is 5.56 Å². The minimum Gasteiger partial charge on any atom is -0.453 e. The summed E-state index contributed by atoms with van der Waals surface area (Å²) in [5.41, 5.74) is 6.00. The summed E-state index contributed by atoms with van der Waals surface area (Å²) in [6.07, 6.45) is 2.34. The van der Waals surface area contributed by atoms with Gasteiger partial charge in [-0.15, -0.1) is 0 Å². The molecule has 2 aromatic heterocycles. The molecule has 2 rings (SSSR count). The van der Waals surface area contributed by atoms with Crippen LogP contribution in [-0.2, 0) is 30.2 Å². The van der Waals surface area contributed by atoms with Crippen LogP contribution in [0.15, 0.2) is 21.2 Å². The van der Waals surface area contributed by atoms with Crippen molar-refractivity contribution in [2.75, 3.05) is 12.3 Å². The van der Waals surface area contributed by atoms with Crippen molar-refractivity contribution in [2.24, 2.45) is 14.1 Å². The third-order valence-corrected chi connectivity index (χ3v) is 5.02. The van der Waals surface area contributed by atoms with E-state index in [0.717, 1.165) is 33.5 Å². The van der Waals surface area contributed by atoms with Crippen molar-refractivity contribution in [2.45, 2.75) is 33.7 Å². The quantitative estimate of drug-likeness (QED) is 0.298. The Labute approximate surface area is 178 Å². The molecule has 2 aromatic rings. The summed E-state index contributed by atoms with van der Waals surface area (Å²) in [5.74, 6) is -2.20. The molecule has 0 amide bonds. The standard InChI is InChI=1S/C21H25N5O5/c1-6-7-26-12(2)8-14(13(26)3)9-15(10-22)20(29)31-11-16(27)17-18(23)24(4)21(30)25(5)19(17)28/h8-9H,6-7,11,23H2,1-5H3/b15-9+. The van der Waals surface area contributed by atoms with Crippen LogP contribution < -0.4 is 17.0 Å². The monoisotopic (exact) mass is 427 g/mol. The number of hydrogen-bond donors (Lipinski definition) is 1. The Balaban J connectivity index is 2.26. The molecule has 164 valence electrons. The SMILES string of the molecule is CCCn1c(C)cc(/C=C(\C#N)C(=O)OCC(=O)c2c(N)n(C)c(=O)n(C)c2=O)c1C. The summed E-state index contributed by atoms with van der Waals surface area (Å²) in [7, 11) is 2.52. The summed E-state index contributed by atoms with van der Waals surface area (Å²) in [6, 6.07) is 3.64. The van der Waals surface area contributed by atoms with E-state index in [1.807, 2.05) is 26.8 Å². The van der Waals surface area contributed by atoms with E-state index in [2.05, 4.69) is 4.57 Å². The van der Waals surface area contributed by atoms with Crippen molar-refractivity contribution in [3.63, 3.8) is 0 Å². The van der Waals surface area contributed by atoms with Gasteiger partial charge in [-0.1, -0.05) is 6.92 Å². The van der Waals surface area contributed by atoms with Crippen molar-refractivity contribution >= 4 is 23.6 Å². The highest BCUT2D eigenvalue weighted by Crippen LogP contribution is 2.19. The maximum Gasteiger partial charge on any atom is 0.349 e. The van der Waals surface area contributed by atoms with Crippen molar-refractivity contribution in [1.29, 1.82) is 5.26 Å². The molecule has 2 N–H and O–H groups in total. The molecule has 31 heavy (non-hydrogen) atoms. The van der Waals surface area contributed by atoms with Gasteiger partial charge in [-0.2, -0.15) is 5.26 Å². The second-order valence-electron chi connectivity index (χ2n) is 7.11. The molecule has 0 aliphatic rings. The number of carbonyl (C=O) groups excluding carboxylic acids is 2. The number of ketones is 1. The zero-order valence-electron chi connectivity index (χ0n) is 18.2. The van der Waals surface area contributed by atoms with Crippen LogP contribution in [0.1, 0.15) is 40.7 Å². The zero-order chi connectivity index (χ0) is 23.5. The molecular formula is C21H25N5O5. The first kappa shape index (κ1) is 23.4. The van der Waals surface area contributed by atoms with Crippen molar-refractivity contribution in [3.05, 3.63) is 55.0 Å². The summed E-state index contributed by atoms with van der Waals surface area (Å²) < 4.78 is 8.71. The Morgan fingerprint density at radius 2 is 1.87 bits per heavy atom. The number of anilines is 1. The Morgan fingerprint density at radius 1 is 1.23 bits per heavy atom. The molecule has 0 saturated heterocycles. The molecule has 10 heteroatoms. The van der Waals surface area contributed by atoms with E-state index in [4.69, 9.17) is 10.5 Å². The fourth-order valence-electron chi connectivity index (χ4n) is 3.24. The van der Waals surface area contributed by atoms with Crippen molar-refractivity contribution < 1.29 is 14.3 Å². The summed E-state index contributed by atoms with van der Waals surface area (Å²) in [6.45, 7) is 5.87. The number of nitrogen functional groups attached to an aromatic ring is 1. The first-order valence-electron chi connectivity index (χ1n) is 9.59. The van der Waals surface area contributed by atoms with E-state index in [0.29, 0.717) is 5.56 Å². The van der Waals surface area contributed by atoms with E-state index in [-0.39, 0.29) is 11.4 Å². The van der Waals surface area contributed by atoms with E-state index >= 15 is 0 Å². The summed E-state index contributed by atoms with van der Waals surface area (Å²) >= 11 is 0. The number of esters is 1. The number of aromatic nitrogens is 3. The average molecular weight is 427 g/mol. The third kappa shape index (κ3) is 4.50. The highest BCUT2D eigenvalue weighted by atomic mass is 16.5. The van der Waals surface area contributed by atoms with E-state index < -0.39 is 35.2 Å². The van der Waals surface area contributed by atoms with Gasteiger partial charge in [0.2, 0.25) is 5.78 Å². The van der Waals surface area contributed by atoms with Crippen LogP contribution in [-0.4, -0.2) is 32.1 Å². The smallest absolute Gasteiger partial charge is 0.349 e. The van der Waals surface area contributed by atoms with Crippen LogP contribution >= 0.6 is 0 Å². The van der Waals surface area contributed by atoms with Gasteiger partial charge < -0.3 is 15.0 Å². The van der Waals surface area contributed by atoms with Crippen molar-refractivity contribution in [1.82, 2.24) is 13.7 Å². The number of hydrogen-bond acceptors (Lipinski definition) is 7. The molecule has 0 unspecified atom stereocenters. The Kier molecular flexibility index (Phi) is 7.02. The second kappa shape index (κ2) is 9.30. The zero-order valence-corrected chi connectivity index (χ0v) is 18.2. The molecular weight excluding hydrogens is 402 g/mol. The Bertz CT molecular complexity index is 1240. The molecule has 0 fully saturated rings. The predicted octanol–water partition coefficient (Wildman–Crippen LogP) is 0.828. The maximum atomic E-state index is 12.5. The molecule has 10 nitrogen and oxygen atoms in total. The highest BCUT2D eigenvalue weighted by molar-refractivity contribution is 6.03. The van der Waals surface area contributed by atoms with Crippen molar-refractivity contribution in [3.8, 4) is 6.07 Å². The Hall–Kier alpha value is -3.87. The lowest BCUT2D eigenvalue weighted by Gasteiger charge is -2.10. The number of nitrogens with two attached hydrogens (primary N) is 1. The van der Waals surface area contributed by atoms with Crippen LogP contribution in [0.4, 0.5) is 5.82 Å². The fourth-order valence-corrected chi connectivity index (χ4v) is 3.24. The minimum absolute atomic E-state index is 0.286. The van der Waals surface area contributed by atoms with Gasteiger partial charge in [0.1, 0.15) is 23.0 Å². The minimum atomic E-state index is -1.00. The molecule has 0 spiro atoms. The number of carbonyl (C=O) groups is 2. The third-order valence-electron chi connectivity index (χ3n) is 5.02. The largest absolute Gasteiger partial charge is 0.453 e. The maximum absolute atomic E-state index is 12.5. The number of nitriles is 1. The predicted molar refractivity (Wildman–Crippen MR) is 114 cm³/mol. The van der Waals surface area contributed by atoms with Gasteiger partial charge >= 0.3 is 11.7 Å². The molecule has 0 bridgehead atoms. The molecule has 0 radical (unpaired) electrons. The molecule has 2 heterocycles. The second-order valence-corrected chi connectivity index (χ2v) is 7.11. The topological polar surface area (TPSA) is 142 Å². The lowest BCUT2D eigenvalue weighted by molar-refractivity contribution is -0.137. The van der Waals surface area contributed by atoms with Crippen LogP contribution in [0, 0.1) is 25.2 Å². The van der Waals surface area contributed by atoms with Gasteiger partial charge in [-0.25, -0.2) is 9.59 Å². The van der Waals surface area contributed by atoms with Gasteiger partial charge in [-0.05, 0) is 38.0 Å². The number of aryl methyl sites for hydroxylation is 1. The number of nitrogens with zero attached hydrogens (tertiary/aromatic N) is 4. The van der Waals surface area contributed by atoms with Crippen LogP contribution in [0.3, 0.4) is 0 Å². The lowest BCUT2D eigenvalue weighted by atomic mass is 10.1. The average Bonchev–Trinajstić information content (AvgIpc) is 3.00. The van der Waals surface area contributed by atoms with Gasteiger partial charge in [0.15, 0.2) is 6.61 Å². The number of rotatable bonds is 7. The number of ether oxygens (including phenoxy) is 1. The van der Waals surface area contributed by atoms with E-state index in [1.165, 1.54) is 20.2 Å². The van der Waals surface area contributed by atoms with Gasteiger partial charge in [0.05, 0.1) is 0 Å². The van der Waals surface area contributed by atoms with Gasteiger partial charge in [0, 0.05) is 32.0 Å².